The molecule has 1 saturated carbocycles. The van der Waals surface area contributed by atoms with Crippen molar-refractivity contribution in [1.29, 1.82) is 0 Å². The van der Waals surface area contributed by atoms with Crippen LogP contribution in [-0.2, 0) is 0 Å². The van der Waals surface area contributed by atoms with Crippen molar-refractivity contribution in [3.05, 3.63) is 5.82 Å². The summed E-state index contributed by atoms with van der Waals surface area (Å²) in [6, 6.07) is 0.449. The van der Waals surface area contributed by atoms with E-state index >= 15 is 0 Å². The van der Waals surface area contributed by atoms with Crippen LogP contribution in [0.15, 0.2) is 0 Å². The normalized spacial score (nSPS) is 27.9. The van der Waals surface area contributed by atoms with Crippen LogP contribution in [0, 0.1) is 5.92 Å². The van der Waals surface area contributed by atoms with Crippen molar-refractivity contribution < 1.29 is 0 Å². The van der Waals surface area contributed by atoms with Crippen LogP contribution >= 0.6 is 11.6 Å². The highest BCUT2D eigenvalue weighted by Crippen LogP contribution is 2.35. The Balaban J connectivity index is 2.13. The highest BCUT2D eigenvalue weighted by atomic mass is 35.5. The molecular weight excluding hydrogens is 224 g/mol. The van der Waals surface area contributed by atoms with Gasteiger partial charge in [0.15, 0.2) is 5.82 Å². The molecule has 16 heavy (non-hydrogen) atoms. The van der Waals surface area contributed by atoms with E-state index in [1.807, 2.05) is 11.6 Å². The summed E-state index contributed by atoms with van der Waals surface area (Å²) >= 11 is 6.08. The summed E-state index contributed by atoms with van der Waals surface area (Å²) in [4.78, 5) is 0. The quantitative estimate of drug-likeness (QED) is 0.765. The molecule has 1 aliphatic carbocycles. The molecule has 3 atom stereocenters. The summed E-state index contributed by atoms with van der Waals surface area (Å²) in [6.45, 7) is 4.18. The molecule has 4 nitrogen and oxygen atoms in total. The monoisotopic (exact) mass is 242 g/mol. The first kappa shape index (κ1) is 11.8. The fourth-order valence-electron chi connectivity index (χ4n) is 2.58. The first-order valence-corrected chi connectivity index (χ1v) is 6.57. The number of rotatable bonds is 3. The van der Waals surface area contributed by atoms with Crippen LogP contribution in [0.2, 0.25) is 0 Å². The molecule has 1 aromatic heterocycles. The lowest BCUT2D eigenvalue weighted by molar-refractivity contribution is 0.241. The third-order valence-electron chi connectivity index (χ3n) is 3.55. The van der Waals surface area contributed by atoms with Crippen LogP contribution in [0.4, 0.5) is 0 Å². The predicted molar refractivity (Wildman–Crippen MR) is 63.4 cm³/mol. The Kier molecular flexibility index (Phi) is 3.79. The van der Waals surface area contributed by atoms with Crippen LogP contribution in [0.3, 0.4) is 0 Å². The number of hydrogen-bond acceptors (Lipinski definition) is 3. The molecule has 0 aromatic carbocycles. The molecular formula is C11H19ClN4. The van der Waals surface area contributed by atoms with E-state index in [1.54, 1.807) is 0 Å². The standard InChI is InChI=1S/C11H19ClN4/c1-3-9-5-4-6-10(7-9)16-11(8(2)12)13-14-15-16/h8-10H,3-7H2,1-2H3. The van der Waals surface area contributed by atoms with Gasteiger partial charge in [-0.2, -0.15) is 0 Å². The molecule has 2 rings (SSSR count). The van der Waals surface area contributed by atoms with E-state index in [4.69, 9.17) is 11.6 Å². The maximum absolute atomic E-state index is 6.08. The number of hydrogen-bond donors (Lipinski definition) is 0. The third kappa shape index (κ3) is 2.37. The Morgan fingerprint density at radius 1 is 1.50 bits per heavy atom. The molecule has 0 bridgehead atoms. The minimum atomic E-state index is -0.114. The van der Waals surface area contributed by atoms with Crippen LogP contribution in [0.5, 0.6) is 0 Å². The lowest BCUT2D eigenvalue weighted by atomic mass is 9.84. The predicted octanol–water partition coefficient (Wildman–Crippen LogP) is 3.11. The average molecular weight is 243 g/mol. The van der Waals surface area contributed by atoms with Crippen LogP contribution in [0.1, 0.15) is 63.2 Å². The molecule has 0 radical (unpaired) electrons. The molecule has 0 spiro atoms. The summed E-state index contributed by atoms with van der Waals surface area (Å²) in [6.07, 6.45) is 6.25. The third-order valence-corrected chi connectivity index (χ3v) is 3.75. The molecule has 5 heteroatoms. The molecule has 0 amide bonds. The topological polar surface area (TPSA) is 43.6 Å². The van der Waals surface area contributed by atoms with E-state index in [0.717, 1.165) is 11.7 Å². The van der Waals surface area contributed by atoms with Crippen molar-refractivity contribution in [3.63, 3.8) is 0 Å². The molecule has 1 heterocycles. The van der Waals surface area contributed by atoms with Crippen molar-refractivity contribution in [2.45, 2.75) is 57.4 Å². The van der Waals surface area contributed by atoms with Gasteiger partial charge in [0.1, 0.15) is 0 Å². The van der Waals surface area contributed by atoms with E-state index in [1.165, 1.54) is 32.1 Å². The van der Waals surface area contributed by atoms with Gasteiger partial charge in [-0.1, -0.05) is 26.2 Å². The molecule has 90 valence electrons. The molecule has 1 fully saturated rings. The van der Waals surface area contributed by atoms with Gasteiger partial charge in [-0.15, -0.1) is 16.7 Å². The number of tetrazole rings is 1. The van der Waals surface area contributed by atoms with Crippen molar-refractivity contribution in [3.8, 4) is 0 Å². The van der Waals surface area contributed by atoms with Gasteiger partial charge in [-0.25, -0.2) is 4.68 Å². The van der Waals surface area contributed by atoms with E-state index in [0.29, 0.717) is 6.04 Å². The molecule has 3 unspecified atom stereocenters. The van der Waals surface area contributed by atoms with Crippen molar-refractivity contribution >= 4 is 11.6 Å². The van der Waals surface area contributed by atoms with Crippen LogP contribution < -0.4 is 0 Å². The zero-order valence-electron chi connectivity index (χ0n) is 9.93. The fourth-order valence-corrected chi connectivity index (χ4v) is 2.72. The van der Waals surface area contributed by atoms with Gasteiger partial charge >= 0.3 is 0 Å². The lowest BCUT2D eigenvalue weighted by Gasteiger charge is -2.28. The Bertz CT molecular complexity index is 336. The van der Waals surface area contributed by atoms with Gasteiger partial charge in [-0.3, -0.25) is 0 Å². The smallest absolute Gasteiger partial charge is 0.169 e. The number of alkyl halides is 1. The Morgan fingerprint density at radius 3 is 3.00 bits per heavy atom. The van der Waals surface area contributed by atoms with Gasteiger partial charge in [0.05, 0.1) is 11.4 Å². The van der Waals surface area contributed by atoms with E-state index in [9.17, 15) is 0 Å². The summed E-state index contributed by atoms with van der Waals surface area (Å²) in [5, 5.41) is 11.7. The number of halogens is 1. The Hall–Kier alpha value is -0.640. The van der Waals surface area contributed by atoms with Gasteiger partial charge in [0, 0.05) is 0 Å². The van der Waals surface area contributed by atoms with Crippen LogP contribution in [0.25, 0.3) is 0 Å². The maximum Gasteiger partial charge on any atom is 0.169 e. The van der Waals surface area contributed by atoms with E-state index in [2.05, 4.69) is 22.4 Å². The minimum absolute atomic E-state index is 0.114. The molecule has 0 saturated heterocycles. The van der Waals surface area contributed by atoms with Crippen molar-refractivity contribution in [2.75, 3.05) is 0 Å². The van der Waals surface area contributed by atoms with Crippen molar-refractivity contribution in [2.24, 2.45) is 5.92 Å². The molecule has 0 N–H and O–H groups in total. The second-order valence-corrected chi connectivity index (χ2v) is 5.35. The zero-order chi connectivity index (χ0) is 11.5. The molecule has 1 aliphatic rings. The van der Waals surface area contributed by atoms with Gasteiger partial charge in [0.2, 0.25) is 0 Å². The number of aromatic nitrogens is 4. The van der Waals surface area contributed by atoms with Gasteiger partial charge in [0.25, 0.3) is 0 Å². The molecule has 1 aromatic rings. The van der Waals surface area contributed by atoms with Crippen molar-refractivity contribution in [1.82, 2.24) is 20.2 Å². The molecule has 0 aliphatic heterocycles. The summed E-state index contributed by atoms with van der Waals surface area (Å²) in [7, 11) is 0. The van der Waals surface area contributed by atoms with Gasteiger partial charge < -0.3 is 0 Å². The fraction of sp³-hybridized carbons (Fsp3) is 0.909. The first-order chi connectivity index (χ1) is 7.72. The largest absolute Gasteiger partial charge is 0.225 e. The SMILES string of the molecule is CCC1CCCC(n2nnnc2C(C)Cl)C1. The van der Waals surface area contributed by atoms with Gasteiger partial charge in [-0.05, 0) is 36.1 Å². The second-order valence-electron chi connectivity index (χ2n) is 4.69. The maximum atomic E-state index is 6.08. The highest BCUT2D eigenvalue weighted by Gasteiger charge is 2.26. The number of nitrogens with zero attached hydrogens (tertiary/aromatic N) is 4. The second kappa shape index (κ2) is 5.13. The summed E-state index contributed by atoms with van der Waals surface area (Å²) in [5.41, 5.74) is 0. The van der Waals surface area contributed by atoms with Crippen LogP contribution in [-0.4, -0.2) is 20.2 Å². The average Bonchev–Trinajstić information content (AvgIpc) is 2.78. The minimum Gasteiger partial charge on any atom is -0.225 e. The summed E-state index contributed by atoms with van der Waals surface area (Å²) < 4.78 is 1.94. The first-order valence-electron chi connectivity index (χ1n) is 6.14. The Labute approximate surface area is 101 Å². The lowest BCUT2D eigenvalue weighted by Crippen LogP contribution is -2.21. The Morgan fingerprint density at radius 2 is 2.31 bits per heavy atom. The van der Waals surface area contributed by atoms with E-state index < -0.39 is 0 Å². The van der Waals surface area contributed by atoms with E-state index in [-0.39, 0.29) is 5.38 Å². The zero-order valence-corrected chi connectivity index (χ0v) is 10.7. The highest BCUT2D eigenvalue weighted by molar-refractivity contribution is 6.20. The summed E-state index contributed by atoms with van der Waals surface area (Å²) in [5.74, 6) is 1.63.